The maximum absolute atomic E-state index is 13.9. The number of benzene rings is 3. The van der Waals surface area contributed by atoms with Crippen molar-refractivity contribution >= 4 is 11.9 Å². The molecule has 1 amide bonds. The van der Waals surface area contributed by atoms with Crippen molar-refractivity contribution in [1.82, 2.24) is 19.6 Å². The van der Waals surface area contributed by atoms with Crippen LogP contribution in [-0.2, 0) is 6.54 Å². The molecule has 0 bridgehead atoms. The standard InChI is InChI=1S/C36H44N4O4/c1-4-16-39-23-27(3)40(24-26(39)2)34(29-12-8-14-32(41)22-29)28-11-7-13-30(21-28)35(42)38-18-9-17-37(19-20-38)25-31-10-5-6-15-33(31)36(43)44/h4-8,10-15,21-22,26-27,34,41H,1,9,16-20,23-25H2,2-3H3,(H,43,44)/t26-,27+,34-/m1/s1. The minimum absolute atomic E-state index is 0.00603. The lowest BCUT2D eigenvalue weighted by Gasteiger charge is -2.47. The number of aromatic carboxylic acids is 1. The van der Waals surface area contributed by atoms with Crippen LogP contribution in [0.25, 0.3) is 0 Å². The Balaban J connectivity index is 1.35. The zero-order chi connectivity index (χ0) is 31.2. The fourth-order valence-corrected chi connectivity index (χ4v) is 6.74. The van der Waals surface area contributed by atoms with Gasteiger partial charge in [0.05, 0.1) is 11.6 Å². The number of nitrogens with zero attached hydrogens (tertiary/aromatic N) is 4. The molecule has 2 heterocycles. The molecule has 2 N–H and O–H groups in total. The summed E-state index contributed by atoms with van der Waals surface area (Å²) in [6, 6.07) is 23.0. The number of aromatic hydroxyl groups is 1. The molecule has 0 saturated carbocycles. The molecule has 0 aliphatic carbocycles. The second-order valence-corrected chi connectivity index (χ2v) is 12.1. The normalized spacial score (nSPS) is 21.0. The summed E-state index contributed by atoms with van der Waals surface area (Å²) in [5.41, 5.74) is 3.80. The molecule has 3 aromatic rings. The number of piperazine rings is 1. The molecule has 5 rings (SSSR count). The van der Waals surface area contributed by atoms with E-state index in [0.29, 0.717) is 43.3 Å². The first-order valence-corrected chi connectivity index (χ1v) is 15.6. The van der Waals surface area contributed by atoms with Gasteiger partial charge < -0.3 is 15.1 Å². The maximum atomic E-state index is 13.9. The highest BCUT2D eigenvalue weighted by atomic mass is 16.4. The summed E-state index contributed by atoms with van der Waals surface area (Å²) in [5, 5.41) is 20.0. The van der Waals surface area contributed by atoms with Crippen LogP contribution in [0.5, 0.6) is 5.75 Å². The monoisotopic (exact) mass is 596 g/mol. The van der Waals surface area contributed by atoms with Gasteiger partial charge in [-0.1, -0.05) is 48.5 Å². The number of carbonyl (C=O) groups is 2. The molecule has 2 saturated heterocycles. The number of carboxylic acid groups (broad SMARTS) is 1. The number of phenols is 1. The van der Waals surface area contributed by atoms with Crippen LogP contribution in [0.1, 0.15) is 63.7 Å². The first kappa shape index (κ1) is 31.4. The van der Waals surface area contributed by atoms with Crippen molar-refractivity contribution in [2.24, 2.45) is 0 Å². The Morgan fingerprint density at radius 1 is 0.909 bits per heavy atom. The van der Waals surface area contributed by atoms with Gasteiger partial charge in [-0.2, -0.15) is 0 Å². The highest BCUT2D eigenvalue weighted by molar-refractivity contribution is 5.94. The average molecular weight is 597 g/mol. The number of hydrogen-bond donors (Lipinski definition) is 2. The van der Waals surface area contributed by atoms with Gasteiger partial charge in [0, 0.05) is 70.0 Å². The molecule has 44 heavy (non-hydrogen) atoms. The minimum Gasteiger partial charge on any atom is -0.508 e. The van der Waals surface area contributed by atoms with Gasteiger partial charge in [-0.15, -0.1) is 6.58 Å². The lowest BCUT2D eigenvalue weighted by Crippen LogP contribution is -2.57. The molecule has 3 atom stereocenters. The van der Waals surface area contributed by atoms with Gasteiger partial charge in [0.2, 0.25) is 0 Å². The highest BCUT2D eigenvalue weighted by Gasteiger charge is 2.35. The molecule has 8 heteroatoms. The van der Waals surface area contributed by atoms with Gasteiger partial charge in [0.25, 0.3) is 5.91 Å². The molecular formula is C36H44N4O4. The van der Waals surface area contributed by atoms with Gasteiger partial charge >= 0.3 is 5.97 Å². The Hall–Kier alpha value is -3.98. The van der Waals surface area contributed by atoms with Gasteiger partial charge in [0.1, 0.15) is 5.75 Å². The van der Waals surface area contributed by atoms with E-state index in [2.05, 4.69) is 47.3 Å². The van der Waals surface area contributed by atoms with E-state index in [0.717, 1.165) is 49.3 Å². The van der Waals surface area contributed by atoms with E-state index in [1.807, 2.05) is 53.4 Å². The van der Waals surface area contributed by atoms with Crippen LogP contribution < -0.4 is 0 Å². The molecule has 0 spiro atoms. The second-order valence-electron chi connectivity index (χ2n) is 12.1. The minimum atomic E-state index is -0.918. The summed E-state index contributed by atoms with van der Waals surface area (Å²) in [6.07, 6.45) is 2.77. The van der Waals surface area contributed by atoms with Gasteiger partial charge in [0.15, 0.2) is 0 Å². The summed E-state index contributed by atoms with van der Waals surface area (Å²) < 4.78 is 0. The average Bonchev–Trinajstić information content (AvgIpc) is 3.25. The molecule has 0 radical (unpaired) electrons. The molecule has 0 unspecified atom stereocenters. The van der Waals surface area contributed by atoms with Crippen molar-refractivity contribution in [3.63, 3.8) is 0 Å². The number of carboxylic acids is 1. The van der Waals surface area contributed by atoms with Crippen molar-refractivity contribution < 1.29 is 19.8 Å². The van der Waals surface area contributed by atoms with Crippen LogP contribution in [0, 0.1) is 0 Å². The topological polar surface area (TPSA) is 87.6 Å². The Kier molecular flexibility index (Phi) is 10.1. The van der Waals surface area contributed by atoms with Crippen molar-refractivity contribution in [3.8, 4) is 5.75 Å². The van der Waals surface area contributed by atoms with E-state index in [1.165, 1.54) is 0 Å². The van der Waals surface area contributed by atoms with E-state index in [9.17, 15) is 19.8 Å². The Labute approximate surface area is 260 Å². The highest BCUT2D eigenvalue weighted by Crippen LogP contribution is 2.35. The van der Waals surface area contributed by atoms with Crippen LogP contribution in [0.4, 0.5) is 0 Å². The summed E-state index contributed by atoms with van der Waals surface area (Å²) in [6.45, 7) is 14.3. The van der Waals surface area contributed by atoms with E-state index >= 15 is 0 Å². The molecule has 0 aromatic heterocycles. The van der Waals surface area contributed by atoms with Gasteiger partial charge in [-0.3, -0.25) is 19.5 Å². The predicted octanol–water partition coefficient (Wildman–Crippen LogP) is 5.11. The maximum Gasteiger partial charge on any atom is 0.336 e. The predicted molar refractivity (Wildman–Crippen MR) is 173 cm³/mol. The number of carbonyl (C=O) groups excluding carboxylic acids is 1. The van der Waals surface area contributed by atoms with Crippen LogP contribution >= 0.6 is 0 Å². The fraction of sp³-hybridized carbons (Fsp3) is 0.389. The molecular weight excluding hydrogens is 552 g/mol. The third-order valence-electron chi connectivity index (χ3n) is 9.01. The summed E-state index contributed by atoms with van der Waals surface area (Å²) in [7, 11) is 0. The molecule has 2 aliphatic rings. The van der Waals surface area contributed by atoms with Crippen molar-refractivity contribution in [3.05, 3.63) is 113 Å². The quantitative estimate of drug-likeness (QED) is 0.332. The number of hydrogen-bond acceptors (Lipinski definition) is 6. The molecule has 8 nitrogen and oxygen atoms in total. The van der Waals surface area contributed by atoms with Gasteiger partial charge in [-0.05, 0) is 67.3 Å². The van der Waals surface area contributed by atoms with Crippen LogP contribution in [0.15, 0.2) is 85.5 Å². The lowest BCUT2D eigenvalue weighted by atomic mass is 9.92. The zero-order valence-electron chi connectivity index (χ0n) is 25.8. The van der Waals surface area contributed by atoms with Crippen molar-refractivity contribution in [1.29, 1.82) is 0 Å². The Bertz CT molecular complexity index is 1480. The van der Waals surface area contributed by atoms with Crippen LogP contribution in [0.3, 0.4) is 0 Å². The fourth-order valence-electron chi connectivity index (χ4n) is 6.74. The van der Waals surface area contributed by atoms with Crippen molar-refractivity contribution in [2.45, 2.75) is 44.9 Å². The van der Waals surface area contributed by atoms with Crippen LogP contribution in [-0.4, -0.2) is 99.6 Å². The van der Waals surface area contributed by atoms with E-state index in [4.69, 9.17) is 0 Å². The SMILES string of the molecule is C=CCN1C[C@H](C)N([C@@H](c2cccc(O)c2)c2cccc(C(=O)N3CCCN(Cc4ccccc4C(=O)O)CC3)c2)C[C@H]1C. The largest absolute Gasteiger partial charge is 0.508 e. The Morgan fingerprint density at radius 3 is 2.41 bits per heavy atom. The Morgan fingerprint density at radius 2 is 1.66 bits per heavy atom. The summed E-state index contributed by atoms with van der Waals surface area (Å²) in [4.78, 5) is 34.7. The molecule has 2 aliphatic heterocycles. The molecule has 3 aromatic carbocycles. The number of phenolic OH excluding ortho intramolecular Hbond substituents is 1. The first-order valence-electron chi connectivity index (χ1n) is 15.6. The third-order valence-corrected chi connectivity index (χ3v) is 9.01. The second kappa shape index (κ2) is 14.2. The third kappa shape index (κ3) is 7.21. The molecule has 232 valence electrons. The van der Waals surface area contributed by atoms with Gasteiger partial charge in [-0.25, -0.2) is 4.79 Å². The van der Waals surface area contributed by atoms with E-state index < -0.39 is 5.97 Å². The molecule has 2 fully saturated rings. The van der Waals surface area contributed by atoms with Crippen molar-refractivity contribution in [2.75, 3.05) is 45.8 Å². The lowest BCUT2D eigenvalue weighted by molar-refractivity contribution is 0.0306. The first-order chi connectivity index (χ1) is 21.2. The number of rotatable bonds is 9. The summed E-state index contributed by atoms with van der Waals surface area (Å²) >= 11 is 0. The summed E-state index contributed by atoms with van der Waals surface area (Å²) in [5.74, 6) is -0.684. The number of amides is 1. The van der Waals surface area contributed by atoms with E-state index in [-0.39, 0.29) is 23.7 Å². The van der Waals surface area contributed by atoms with Crippen LogP contribution in [0.2, 0.25) is 0 Å². The smallest absolute Gasteiger partial charge is 0.336 e. The van der Waals surface area contributed by atoms with E-state index in [1.54, 1.807) is 18.2 Å². The zero-order valence-corrected chi connectivity index (χ0v) is 25.8.